The van der Waals surface area contributed by atoms with Crippen molar-refractivity contribution in [1.82, 2.24) is 5.32 Å². The molecule has 1 fully saturated rings. The van der Waals surface area contributed by atoms with Gasteiger partial charge in [0.05, 0.1) is 0 Å². The number of benzene rings is 1. The summed E-state index contributed by atoms with van der Waals surface area (Å²) in [6.45, 7) is 0. The van der Waals surface area contributed by atoms with E-state index in [1.165, 1.54) is 24.3 Å². The van der Waals surface area contributed by atoms with Gasteiger partial charge in [-0.3, -0.25) is 4.79 Å². The molecule has 2 atom stereocenters. The van der Waals surface area contributed by atoms with Crippen molar-refractivity contribution in [3.63, 3.8) is 0 Å². The van der Waals surface area contributed by atoms with Crippen LogP contribution in [0.3, 0.4) is 0 Å². The first-order valence-corrected chi connectivity index (χ1v) is 4.49. The predicted octanol–water partition coefficient (Wildman–Crippen LogP) is 0.655. The minimum atomic E-state index is -0.343. The van der Waals surface area contributed by atoms with Crippen LogP contribution in [0.1, 0.15) is 16.8 Å². The fourth-order valence-electron chi connectivity index (χ4n) is 1.23. The van der Waals surface area contributed by atoms with Crippen molar-refractivity contribution in [1.29, 1.82) is 0 Å². The number of hydrogen-bond donors (Lipinski definition) is 2. The van der Waals surface area contributed by atoms with E-state index in [1.54, 1.807) is 0 Å². The van der Waals surface area contributed by atoms with E-state index >= 15 is 0 Å². The van der Waals surface area contributed by atoms with Gasteiger partial charge in [0.15, 0.2) is 0 Å². The van der Waals surface area contributed by atoms with Gasteiger partial charge in [0, 0.05) is 17.6 Å². The van der Waals surface area contributed by atoms with Gasteiger partial charge in [0.2, 0.25) is 0 Å². The molecule has 14 heavy (non-hydrogen) atoms. The van der Waals surface area contributed by atoms with E-state index in [1.807, 2.05) is 0 Å². The van der Waals surface area contributed by atoms with Crippen LogP contribution in [0.25, 0.3) is 0 Å². The first kappa shape index (κ1) is 9.15. The Balaban J connectivity index is 2.00. The number of rotatable bonds is 2. The average Bonchev–Trinajstić information content (AvgIpc) is 2.82. The Labute approximate surface area is 81.1 Å². The predicted molar refractivity (Wildman–Crippen MR) is 50.2 cm³/mol. The van der Waals surface area contributed by atoms with Gasteiger partial charge in [-0.05, 0) is 30.7 Å². The normalized spacial score (nSPS) is 24.4. The maximum absolute atomic E-state index is 12.5. The Morgan fingerprint density at radius 2 is 2.00 bits per heavy atom. The van der Waals surface area contributed by atoms with Crippen molar-refractivity contribution in [2.45, 2.75) is 18.5 Å². The van der Waals surface area contributed by atoms with Crippen molar-refractivity contribution in [3.05, 3.63) is 35.6 Å². The average molecular weight is 194 g/mol. The standard InChI is InChI=1S/C10H11FN2O/c11-7-3-1-6(2-4-7)10(14)13-9-5-8(9)12/h1-4,8-9H,5,12H2,(H,13,14). The van der Waals surface area contributed by atoms with Crippen LogP contribution in [0.2, 0.25) is 0 Å². The second-order valence-electron chi connectivity index (χ2n) is 3.49. The smallest absolute Gasteiger partial charge is 0.251 e. The summed E-state index contributed by atoms with van der Waals surface area (Å²) in [5, 5.41) is 2.75. The molecule has 1 aliphatic carbocycles. The van der Waals surface area contributed by atoms with E-state index in [2.05, 4.69) is 5.32 Å². The largest absolute Gasteiger partial charge is 0.348 e. The zero-order valence-corrected chi connectivity index (χ0v) is 7.53. The molecule has 1 amide bonds. The summed E-state index contributed by atoms with van der Waals surface area (Å²) in [4.78, 5) is 11.5. The lowest BCUT2D eigenvalue weighted by atomic mass is 10.2. The Morgan fingerprint density at radius 1 is 1.43 bits per heavy atom. The maximum atomic E-state index is 12.5. The van der Waals surface area contributed by atoms with Gasteiger partial charge in [0.1, 0.15) is 5.82 Å². The number of amides is 1. The van der Waals surface area contributed by atoms with Crippen molar-refractivity contribution in [3.8, 4) is 0 Å². The second kappa shape index (κ2) is 3.38. The van der Waals surface area contributed by atoms with Crippen LogP contribution in [0.4, 0.5) is 4.39 Å². The van der Waals surface area contributed by atoms with Crippen LogP contribution in [-0.4, -0.2) is 18.0 Å². The molecule has 0 spiro atoms. The SMILES string of the molecule is NC1CC1NC(=O)c1ccc(F)cc1. The molecule has 1 aliphatic rings. The number of hydrogen-bond acceptors (Lipinski definition) is 2. The van der Waals surface area contributed by atoms with Crippen LogP contribution in [0.15, 0.2) is 24.3 Å². The summed E-state index contributed by atoms with van der Waals surface area (Å²) >= 11 is 0. The minimum Gasteiger partial charge on any atom is -0.348 e. The number of carbonyl (C=O) groups excluding carboxylic acids is 1. The van der Waals surface area contributed by atoms with Gasteiger partial charge in [-0.25, -0.2) is 4.39 Å². The van der Waals surface area contributed by atoms with Gasteiger partial charge in [0.25, 0.3) is 5.91 Å². The van der Waals surface area contributed by atoms with Crippen molar-refractivity contribution < 1.29 is 9.18 Å². The maximum Gasteiger partial charge on any atom is 0.251 e. The molecule has 74 valence electrons. The molecule has 0 aliphatic heterocycles. The van der Waals surface area contributed by atoms with E-state index < -0.39 is 0 Å². The Hall–Kier alpha value is -1.42. The quantitative estimate of drug-likeness (QED) is 0.726. The Morgan fingerprint density at radius 3 is 2.50 bits per heavy atom. The highest BCUT2D eigenvalue weighted by Gasteiger charge is 2.34. The summed E-state index contributed by atoms with van der Waals surface area (Å²) in [6, 6.07) is 5.62. The van der Waals surface area contributed by atoms with Gasteiger partial charge in [-0.1, -0.05) is 0 Å². The Kier molecular flexibility index (Phi) is 2.21. The molecule has 0 radical (unpaired) electrons. The summed E-state index contributed by atoms with van der Waals surface area (Å²) < 4.78 is 12.5. The van der Waals surface area contributed by atoms with Crippen LogP contribution in [0.5, 0.6) is 0 Å². The third kappa shape index (κ3) is 1.90. The summed E-state index contributed by atoms with van der Waals surface area (Å²) in [7, 11) is 0. The van der Waals surface area contributed by atoms with E-state index in [0.29, 0.717) is 5.56 Å². The fraction of sp³-hybridized carbons (Fsp3) is 0.300. The lowest BCUT2D eigenvalue weighted by Crippen LogP contribution is -2.29. The number of carbonyl (C=O) groups is 1. The van der Waals surface area contributed by atoms with Gasteiger partial charge in [-0.2, -0.15) is 0 Å². The van der Waals surface area contributed by atoms with Gasteiger partial charge >= 0.3 is 0 Å². The van der Waals surface area contributed by atoms with Gasteiger partial charge in [-0.15, -0.1) is 0 Å². The molecule has 3 N–H and O–H groups in total. The Bertz CT molecular complexity index is 350. The molecule has 0 saturated heterocycles. The minimum absolute atomic E-state index is 0.0828. The van der Waals surface area contributed by atoms with Crippen LogP contribution < -0.4 is 11.1 Å². The third-order valence-corrected chi connectivity index (χ3v) is 2.26. The molecular formula is C10H11FN2O. The topological polar surface area (TPSA) is 55.1 Å². The van der Waals surface area contributed by atoms with Crippen LogP contribution in [-0.2, 0) is 0 Å². The van der Waals surface area contributed by atoms with E-state index in [0.717, 1.165) is 6.42 Å². The molecule has 3 nitrogen and oxygen atoms in total. The van der Waals surface area contributed by atoms with Crippen LogP contribution >= 0.6 is 0 Å². The second-order valence-corrected chi connectivity index (χ2v) is 3.49. The molecular weight excluding hydrogens is 183 g/mol. The van der Waals surface area contributed by atoms with Crippen LogP contribution in [0, 0.1) is 5.82 Å². The third-order valence-electron chi connectivity index (χ3n) is 2.26. The molecule has 1 aromatic carbocycles. The van der Waals surface area contributed by atoms with Crippen molar-refractivity contribution >= 4 is 5.91 Å². The number of nitrogens with two attached hydrogens (primary N) is 1. The first-order chi connectivity index (χ1) is 6.66. The molecule has 0 bridgehead atoms. The summed E-state index contributed by atoms with van der Waals surface area (Å²) in [5.41, 5.74) is 6.01. The first-order valence-electron chi connectivity index (χ1n) is 4.49. The number of nitrogens with one attached hydrogen (secondary N) is 1. The molecule has 2 rings (SSSR count). The molecule has 1 aromatic rings. The summed E-state index contributed by atoms with van der Waals surface area (Å²) in [6.07, 6.45) is 0.826. The highest BCUT2D eigenvalue weighted by Crippen LogP contribution is 2.18. The molecule has 0 heterocycles. The van der Waals surface area contributed by atoms with Gasteiger partial charge < -0.3 is 11.1 Å². The van der Waals surface area contributed by atoms with Crippen molar-refractivity contribution in [2.24, 2.45) is 5.73 Å². The van der Waals surface area contributed by atoms with E-state index in [4.69, 9.17) is 5.73 Å². The fourth-order valence-corrected chi connectivity index (χ4v) is 1.23. The van der Waals surface area contributed by atoms with E-state index in [9.17, 15) is 9.18 Å². The lowest BCUT2D eigenvalue weighted by molar-refractivity contribution is 0.0950. The zero-order valence-electron chi connectivity index (χ0n) is 7.53. The molecule has 2 unspecified atom stereocenters. The molecule has 4 heteroatoms. The monoisotopic (exact) mass is 194 g/mol. The number of halogens is 1. The van der Waals surface area contributed by atoms with Crippen molar-refractivity contribution in [2.75, 3.05) is 0 Å². The summed E-state index contributed by atoms with van der Waals surface area (Å²) in [5.74, 6) is -0.535. The zero-order chi connectivity index (χ0) is 10.1. The molecule has 1 saturated carbocycles. The van der Waals surface area contributed by atoms with E-state index in [-0.39, 0.29) is 23.8 Å². The highest BCUT2D eigenvalue weighted by molar-refractivity contribution is 5.94. The lowest BCUT2D eigenvalue weighted by Gasteiger charge is -2.02. The highest BCUT2D eigenvalue weighted by atomic mass is 19.1. The molecule has 0 aromatic heterocycles.